The van der Waals surface area contributed by atoms with Crippen LogP contribution in [0.5, 0.6) is 0 Å². The molecule has 0 radical (unpaired) electrons. The Morgan fingerprint density at radius 1 is 1.19 bits per heavy atom. The topological polar surface area (TPSA) is 93.1 Å². The molecule has 0 aliphatic carbocycles. The van der Waals surface area contributed by atoms with Crippen molar-refractivity contribution in [3.8, 4) is 0 Å². The van der Waals surface area contributed by atoms with Crippen LogP contribution in [-0.4, -0.2) is 31.5 Å². The van der Waals surface area contributed by atoms with Crippen molar-refractivity contribution in [2.45, 2.75) is 11.3 Å². The van der Waals surface area contributed by atoms with Gasteiger partial charge >= 0.3 is 0 Å². The molecule has 1 aliphatic rings. The van der Waals surface area contributed by atoms with E-state index in [1.807, 2.05) is 18.2 Å². The van der Waals surface area contributed by atoms with Crippen molar-refractivity contribution in [1.29, 1.82) is 0 Å². The molecule has 0 spiro atoms. The van der Waals surface area contributed by atoms with Gasteiger partial charge in [-0.05, 0) is 42.5 Å². The lowest BCUT2D eigenvalue weighted by Gasteiger charge is -2.09. The van der Waals surface area contributed by atoms with Crippen LogP contribution in [-0.2, 0) is 17.4 Å². The van der Waals surface area contributed by atoms with Crippen LogP contribution < -0.4 is 10.6 Å². The second kappa shape index (κ2) is 7.16. The largest absolute Gasteiger partial charge is 0.352 e. The molecule has 1 unspecified atom stereocenters. The summed E-state index contributed by atoms with van der Waals surface area (Å²) in [6.07, 6.45) is 3.93. The van der Waals surface area contributed by atoms with Crippen molar-refractivity contribution >= 4 is 28.5 Å². The van der Waals surface area contributed by atoms with Gasteiger partial charge < -0.3 is 10.6 Å². The summed E-state index contributed by atoms with van der Waals surface area (Å²) in [6, 6.07) is 13.7. The fourth-order valence-electron chi connectivity index (χ4n) is 2.85. The van der Waals surface area contributed by atoms with Gasteiger partial charge in [0.15, 0.2) is 11.0 Å². The summed E-state index contributed by atoms with van der Waals surface area (Å²) in [4.78, 5) is 29.4. The smallest absolute Gasteiger partial charge is 0.273 e. The maximum Gasteiger partial charge on any atom is 0.273 e. The molecule has 3 aromatic rings. The number of benzene rings is 1. The third-order valence-corrected chi connectivity index (χ3v) is 5.60. The molecule has 0 saturated carbocycles. The van der Waals surface area contributed by atoms with Gasteiger partial charge in [0.2, 0.25) is 0 Å². The van der Waals surface area contributed by atoms with Gasteiger partial charge in [0.1, 0.15) is 5.69 Å². The fourth-order valence-corrected chi connectivity index (χ4v) is 4.05. The maximum atomic E-state index is 12.7. The molecule has 4 rings (SSSR count). The molecule has 0 saturated heterocycles. The molecule has 2 aromatic heterocycles. The molecule has 0 fully saturated rings. The Bertz CT molecular complexity index is 1050. The van der Waals surface area contributed by atoms with Gasteiger partial charge in [-0.2, -0.15) is 0 Å². The highest BCUT2D eigenvalue weighted by atomic mass is 32.2. The summed E-state index contributed by atoms with van der Waals surface area (Å²) in [5, 5.41) is 5.56. The number of fused-ring (bicyclic) bond motifs is 2. The number of hydrogen-bond acceptors (Lipinski definition) is 4. The Morgan fingerprint density at radius 3 is 2.89 bits per heavy atom. The third-order valence-electron chi connectivity index (χ3n) is 4.20. The molecule has 7 nitrogen and oxygen atoms in total. The molecule has 3 heterocycles. The summed E-state index contributed by atoms with van der Waals surface area (Å²) < 4.78 is 14.1. The number of anilines is 1. The van der Waals surface area contributed by atoms with E-state index in [1.165, 1.54) is 3.97 Å². The van der Waals surface area contributed by atoms with Crippen molar-refractivity contribution in [1.82, 2.24) is 14.3 Å². The minimum atomic E-state index is -1.56. The van der Waals surface area contributed by atoms with Crippen LogP contribution in [0.3, 0.4) is 0 Å². The Labute approximate surface area is 158 Å². The molecule has 2 amide bonds. The highest BCUT2D eigenvalue weighted by Crippen LogP contribution is 2.27. The van der Waals surface area contributed by atoms with Gasteiger partial charge in [-0.3, -0.25) is 18.5 Å². The SMILES string of the molecule is O=C(NCCc1ccccn1)c1ccc2c(c1)NC(=O)c1cccn1S2=O. The minimum absolute atomic E-state index is 0.266. The van der Waals surface area contributed by atoms with E-state index < -0.39 is 11.0 Å². The van der Waals surface area contributed by atoms with Gasteiger partial charge in [0.25, 0.3) is 11.8 Å². The third kappa shape index (κ3) is 3.39. The summed E-state index contributed by atoms with van der Waals surface area (Å²) in [5.41, 5.74) is 1.97. The van der Waals surface area contributed by atoms with Crippen molar-refractivity contribution in [3.63, 3.8) is 0 Å². The second-order valence-electron chi connectivity index (χ2n) is 5.96. The van der Waals surface area contributed by atoms with E-state index in [4.69, 9.17) is 0 Å². The Balaban J connectivity index is 1.51. The van der Waals surface area contributed by atoms with Crippen LogP contribution in [0.2, 0.25) is 0 Å². The van der Waals surface area contributed by atoms with E-state index in [-0.39, 0.29) is 11.8 Å². The number of amides is 2. The summed E-state index contributed by atoms with van der Waals surface area (Å²) in [7, 11) is -1.56. The average Bonchev–Trinajstić information content (AvgIpc) is 3.15. The van der Waals surface area contributed by atoms with Crippen LogP contribution in [0.15, 0.2) is 65.8 Å². The molecule has 0 bridgehead atoms. The molecule has 27 heavy (non-hydrogen) atoms. The van der Waals surface area contributed by atoms with E-state index >= 15 is 0 Å². The lowest BCUT2D eigenvalue weighted by Crippen LogP contribution is -2.26. The number of rotatable bonds is 4. The molecule has 8 heteroatoms. The van der Waals surface area contributed by atoms with Gasteiger partial charge in [0.05, 0.1) is 10.6 Å². The van der Waals surface area contributed by atoms with Gasteiger partial charge in [-0.1, -0.05) is 6.07 Å². The van der Waals surface area contributed by atoms with Gasteiger partial charge in [0, 0.05) is 36.6 Å². The normalized spacial score (nSPS) is 15.3. The van der Waals surface area contributed by atoms with E-state index in [9.17, 15) is 13.8 Å². The molecular formula is C19H16N4O3S. The number of carbonyl (C=O) groups excluding carboxylic acids is 2. The highest BCUT2D eigenvalue weighted by molar-refractivity contribution is 7.83. The van der Waals surface area contributed by atoms with Crippen LogP contribution in [0.4, 0.5) is 5.69 Å². The van der Waals surface area contributed by atoms with Crippen LogP contribution in [0, 0.1) is 0 Å². The fraction of sp³-hybridized carbons (Fsp3) is 0.105. The molecule has 1 aromatic carbocycles. The lowest BCUT2D eigenvalue weighted by atomic mass is 10.1. The highest BCUT2D eigenvalue weighted by Gasteiger charge is 2.24. The first kappa shape index (κ1) is 17.2. The lowest BCUT2D eigenvalue weighted by molar-refractivity contribution is 0.0952. The summed E-state index contributed by atoms with van der Waals surface area (Å²) >= 11 is 0. The zero-order valence-corrected chi connectivity index (χ0v) is 15.0. The quantitative estimate of drug-likeness (QED) is 0.724. The minimum Gasteiger partial charge on any atom is -0.352 e. The van der Waals surface area contributed by atoms with Crippen LogP contribution in [0.25, 0.3) is 0 Å². The number of pyridine rings is 1. The van der Waals surface area contributed by atoms with Gasteiger partial charge in [-0.15, -0.1) is 0 Å². The summed E-state index contributed by atoms with van der Waals surface area (Å²) in [5.74, 6) is -0.627. The number of nitrogens with zero attached hydrogens (tertiary/aromatic N) is 2. The van der Waals surface area contributed by atoms with E-state index in [1.54, 1.807) is 42.7 Å². The first-order chi connectivity index (χ1) is 13.1. The Morgan fingerprint density at radius 2 is 2.07 bits per heavy atom. The predicted octanol–water partition coefficient (Wildman–Crippen LogP) is 1.99. The molecule has 136 valence electrons. The zero-order valence-electron chi connectivity index (χ0n) is 14.2. The molecule has 1 atom stereocenters. The van der Waals surface area contributed by atoms with Crippen molar-refractivity contribution in [2.24, 2.45) is 0 Å². The second-order valence-corrected chi connectivity index (χ2v) is 7.29. The molecule has 1 aliphatic heterocycles. The van der Waals surface area contributed by atoms with Crippen molar-refractivity contribution < 1.29 is 13.8 Å². The van der Waals surface area contributed by atoms with Crippen LogP contribution >= 0.6 is 0 Å². The van der Waals surface area contributed by atoms with Crippen molar-refractivity contribution in [2.75, 3.05) is 11.9 Å². The predicted molar refractivity (Wildman–Crippen MR) is 101 cm³/mol. The Kier molecular flexibility index (Phi) is 4.55. The first-order valence-corrected chi connectivity index (χ1v) is 9.47. The number of hydrogen-bond donors (Lipinski definition) is 2. The molecule has 2 N–H and O–H groups in total. The summed E-state index contributed by atoms with van der Waals surface area (Å²) in [6.45, 7) is 0.441. The number of carbonyl (C=O) groups is 2. The van der Waals surface area contributed by atoms with Crippen LogP contribution in [0.1, 0.15) is 26.5 Å². The Hall–Kier alpha value is -3.26. The standard InChI is InChI=1S/C19H16N4O3S/c24-18(21-10-8-14-4-1-2-9-20-14)13-6-7-17-15(12-13)22-19(25)16-5-3-11-23(16)27(17)26/h1-7,9,11-12H,8,10H2,(H,21,24)(H,22,25). The zero-order chi connectivity index (χ0) is 18.8. The van der Waals surface area contributed by atoms with Gasteiger partial charge in [-0.25, -0.2) is 4.21 Å². The van der Waals surface area contributed by atoms with E-state index in [0.717, 1.165) is 5.69 Å². The van der Waals surface area contributed by atoms with Crippen molar-refractivity contribution in [3.05, 3.63) is 77.9 Å². The molecular weight excluding hydrogens is 364 g/mol. The van der Waals surface area contributed by atoms with E-state index in [0.29, 0.717) is 34.8 Å². The monoisotopic (exact) mass is 380 g/mol. The number of nitrogens with one attached hydrogen (secondary N) is 2. The maximum absolute atomic E-state index is 12.7. The first-order valence-electron chi connectivity index (χ1n) is 8.36. The van der Waals surface area contributed by atoms with E-state index in [2.05, 4.69) is 15.6 Å². The number of aromatic nitrogens is 2. The average molecular weight is 380 g/mol.